The number of carbonyl (C=O) groups excluding carboxylic acids is 2. The lowest BCUT2D eigenvalue weighted by atomic mass is 9.87. The first-order valence-corrected chi connectivity index (χ1v) is 10.3. The third-order valence-corrected chi connectivity index (χ3v) is 5.99. The average molecular weight is 432 g/mol. The molecule has 0 saturated carbocycles. The van der Waals surface area contributed by atoms with E-state index in [1.54, 1.807) is 35.0 Å². The second kappa shape index (κ2) is 8.73. The zero-order valence-corrected chi connectivity index (χ0v) is 18.1. The van der Waals surface area contributed by atoms with Crippen LogP contribution in [-0.4, -0.2) is 47.8 Å². The van der Waals surface area contributed by atoms with Crippen molar-refractivity contribution in [3.63, 3.8) is 0 Å². The molecule has 0 aliphatic carbocycles. The van der Waals surface area contributed by atoms with Crippen LogP contribution in [0.25, 0.3) is 0 Å². The number of halogens is 3. The number of rotatable bonds is 4. The molecule has 31 heavy (non-hydrogen) atoms. The van der Waals surface area contributed by atoms with Crippen molar-refractivity contribution in [2.45, 2.75) is 38.9 Å². The van der Waals surface area contributed by atoms with E-state index >= 15 is 0 Å². The predicted octanol–water partition coefficient (Wildman–Crippen LogP) is 4.74. The first-order valence-electron chi connectivity index (χ1n) is 10.3. The van der Waals surface area contributed by atoms with Gasteiger partial charge in [0, 0.05) is 37.7 Å². The Morgan fingerprint density at radius 2 is 1.71 bits per heavy atom. The van der Waals surface area contributed by atoms with Crippen molar-refractivity contribution in [1.29, 1.82) is 0 Å². The van der Waals surface area contributed by atoms with Gasteiger partial charge in [0.2, 0.25) is 5.91 Å². The van der Waals surface area contributed by atoms with Crippen LogP contribution in [0.15, 0.2) is 48.5 Å². The molecule has 3 rings (SSSR count). The summed E-state index contributed by atoms with van der Waals surface area (Å²) in [7, 11) is 1.68. The fourth-order valence-corrected chi connectivity index (χ4v) is 3.90. The normalized spacial score (nSPS) is 19.0. The predicted molar refractivity (Wildman–Crippen MR) is 113 cm³/mol. The number of benzene rings is 2. The Morgan fingerprint density at radius 3 is 2.29 bits per heavy atom. The minimum absolute atomic E-state index is 0.0588. The molecule has 2 amide bonds. The molecule has 7 heteroatoms. The maximum absolute atomic E-state index is 13.3. The first kappa shape index (κ1) is 22.8. The van der Waals surface area contributed by atoms with Crippen molar-refractivity contribution in [3.05, 3.63) is 70.8 Å². The molecule has 0 spiro atoms. The second-order valence-corrected chi connectivity index (χ2v) is 8.46. The molecule has 1 saturated heterocycles. The van der Waals surface area contributed by atoms with Gasteiger partial charge in [0.25, 0.3) is 5.91 Å². The fraction of sp³-hybridized carbons (Fsp3) is 0.417. The molecule has 166 valence electrons. The topological polar surface area (TPSA) is 40.6 Å². The van der Waals surface area contributed by atoms with E-state index < -0.39 is 23.6 Å². The summed E-state index contributed by atoms with van der Waals surface area (Å²) in [5.74, 6) is -1.51. The second-order valence-electron chi connectivity index (χ2n) is 8.46. The van der Waals surface area contributed by atoms with Gasteiger partial charge in [-0.1, -0.05) is 35.9 Å². The van der Waals surface area contributed by atoms with Crippen LogP contribution in [-0.2, 0) is 11.0 Å². The molecule has 2 aromatic rings. The van der Waals surface area contributed by atoms with E-state index in [0.29, 0.717) is 11.1 Å². The molecule has 0 N–H and O–H groups in total. The highest BCUT2D eigenvalue weighted by Crippen LogP contribution is 2.38. The van der Waals surface area contributed by atoms with Gasteiger partial charge in [-0.25, -0.2) is 0 Å². The van der Waals surface area contributed by atoms with Crippen molar-refractivity contribution in [2.24, 2.45) is 5.92 Å². The van der Waals surface area contributed by atoms with E-state index in [0.717, 1.165) is 17.7 Å². The number of amides is 2. The molecule has 0 bridgehead atoms. The first-order chi connectivity index (χ1) is 14.5. The summed E-state index contributed by atoms with van der Waals surface area (Å²) in [6.45, 7) is 6.03. The van der Waals surface area contributed by atoms with Crippen LogP contribution in [0.2, 0.25) is 0 Å². The molecule has 1 heterocycles. The zero-order chi connectivity index (χ0) is 22.9. The Bertz CT molecular complexity index is 954. The summed E-state index contributed by atoms with van der Waals surface area (Å²) >= 11 is 0. The maximum Gasteiger partial charge on any atom is 0.416 e. The number of aryl methyl sites for hydroxylation is 1. The Kier molecular flexibility index (Phi) is 6.43. The number of likely N-dealkylation sites (tertiary alicyclic amines) is 1. The summed E-state index contributed by atoms with van der Waals surface area (Å²) in [6.07, 6.45) is -4.47. The Balaban J connectivity index is 1.95. The smallest absolute Gasteiger partial charge is 0.343 e. The monoisotopic (exact) mass is 432 g/mol. The lowest BCUT2D eigenvalue weighted by molar-refractivity contribution is -0.137. The van der Waals surface area contributed by atoms with E-state index in [2.05, 4.69) is 0 Å². The van der Waals surface area contributed by atoms with Crippen LogP contribution in [0.5, 0.6) is 0 Å². The highest BCUT2D eigenvalue weighted by molar-refractivity contribution is 5.95. The molecule has 2 aromatic carbocycles. The Morgan fingerprint density at radius 1 is 1.06 bits per heavy atom. The lowest BCUT2D eigenvalue weighted by Gasteiger charge is -2.27. The van der Waals surface area contributed by atoms with Crippen molar-refractivity contribution in [3.8, 4) is 0 Å². The number of hydrogen-bond donors (Lipinski definition) is 0. The van der Waals surface area contributed by atoms with Gasteiger partial charge in [-0.2, -0.15) is 13.2 Å². The van der Waals surface area contributed by atoms with Gasteiger partial charge in [-0.05, 0) is 44.5 Å². The van der Waals surface area contributed by atoms with Crippen molar-refractivity contribution in [2.75, 3.05) is 20.1 Å². The largest absolute Gasteiger partial charge is 0.416 e. The van der Waals surface area contributed by atoms with Gasteiger partial charge in [-0.15, -0.1) is 0 Å². The molecule has 0 aromatic heterocycles. The van der Waals surface area contributed by atoms with Gasteiger partial charge >= 0.3 is 6.18 Å². The van der Waals surface area contributed by atoms with E-state index in [-0.39, 0.29) is 30.9 Å². The third kappa shape index (κ3) is 4.92. The van der Waals surface area contributed by atoms with Crippen molar-refractivity contribution < 1.29 is 22.8 Å². The molecular weight excluding hydrogens is 405 g/mol. The molecule has 1 aliphatic rings. The van der Waals surface area contributed by atoms with Crippen LogP contribution in [0.4, 0.5) is 13.2 Å². The van der Waals surface area contributed by atoms with Crippen LogP contribution < -0.4 is 0 Å². The highest BCUT2D eigenvalue weighted by Gasteiger charge is 2.42. The van der Waals surface area contributed by atoms with Gasteiger partial charge in [0.05, 0.1) is 11.5 Å². The van der Waals surface area contributed by atoms with Gasteiger partial charge in [0.1, 0.15) is 0 Å². The van der Waals surface area contributed by atoms with E-state index in [4.69, 9.17) is 0 Å². The van der Waals surface area contributed by atoms with Crippen LogP contribution in [0.3, 0.4) is 0 Å². The molecule has 2 unspecified atom stereocenters. The average Bonchev–Trinajstić information content (AvgIpc) is 3.17. The van der Waals surface area contributed by atoms with Gasteiger partial charge in [0.15, 0.2) is 0 Å². The summed E-state index contributed by atoms with van der Waals surface area (Å²) in [4.78, 5) is 29.4. The molecule has 0 radical (unpaired) electrons. The van der Waals surface area contributed by atoms with Crippen molar-refractivity contribution >= 4 is 11.8 Å². The summed E-state index contributed by atoms with van der Waals surface area (Å²) in [5, 5.41) is 0. The molecule has 1 aliphatic heterocycles. The zero-order valence-electron chi connectivity index (χ0n) is 18.1. The van der Waals surface area contributed by atoms with Gasteiger partial charge < -0.3 is 9.80 Å². The molecule has 4 nitrogen and oxygen atoms in total. The number of hydrogen-bond acceptors (Lipinski definition) is 2. The summed E-state index contributed by atoms with van der Waals surface area (Å²) < 4.78 is 39.8. The van der Waals surface area contributed by atoms with Crippen LogP contribution in [0, 0.1) is 12.8 Å². The number of nitrogens with zero attached hydrogens (tertiary/aromatic N) is 2. The number of alkyl halides is 3. The lowest BCUT2D eigenvalue weighted by Crippen LogP contribution is -2.40. The highest BCUT2D eigenvalue weighted by atomic mass is 19.4. The fourth-order valence-electron chi connectivity index (χ4n) is 3.90. The van der Waals surface area contributed by atoms with Gasteiger partial charge in [-0.3, -0.25) is 9.59 Å². The van der Waals surface area contributed by atoms with E-state index in [9.17, 15) is 22.8 Å². The molecule has 2 atom stereocenters. The number of carbonyl (C=O) groups is 2. The van der Waals surface area contributed by atoms with E-state index in [1.165, 1.54) is 6.07 Å². The van der Waals surface area contributed by atoms with E-state index in [1.807, 2.05) is 32.9 Å². The Labute approximate surface area is 180 Å². The van der Waals surface area contributed by atoms with Crippen molar-refractivity contribution in [1.82, 2.24) is 9.80 Å². The quantitative estimate of drug-likeness (QED) is 0.701. The SMILES string of the molecule is Cc1ccc(C(=O)N2CC(C(=O)N(C)C(C)C)C(c3cccc(C(F)(F)F)c3)C2)cc1. The standard InChI is InChI=1S/C24H27F3N2O2/c1-15(2)28(4)23(31)21-14-29(22(30)17-10-8-16(3)9-11-17)13-20(21)18-6-5-7-19(12-18)24(25,26)27/h5-12,15,20-21H,13-14H2,1-4H3. The minimum Gasteiger partial charge on any atom is -0.343 e. The third-order valence-electron chi connectivity index (χ3n) is 5.99. The van der Waals surface area contributed by atoms with Crippen LogP contribution in [0.1, 0.15) is 46.8 Å². The minimum atomic E-state index is -4.47. The Hall–Kier alpha value is -2.83. The summed E-state index contributed by atoms with van der Waals surface area (Å²) in [6, 6.07) is 12.2. The summed E-state index contributed by atoms with van der Waals surface area (Å²) in [5.41, 5.74) is 1.19. The maximum atomic E-state index is 13.3. The molecule has 1 fully saturated rings. The molecular formula is C24H27F3N2O2. The van der Waals surface area contributed by atoms with Crippen LogP contribution >= 0.6 is 0 Å².